The Morgan fingerprint density at radius 3 is 2.33 bits per heavy atom. The Morgan fingerprint density at radius 1 is 1.12 bits per heavy atom. The summed E-state index contributed by atoms with van der Waals surface area (Å²) >= 11 is 0. The van der Waals surface area contributed by atoms with E-state index in [0.717, 1.165) is 17.4 Å². The van der Waals surface area contributed by atoms with E-state index in [1.165, 1.54) is 11.4 Å². The molecule has 0 saturated carbocycles. The van der Waals surface area contributed by atoms with Gasteiger partial charge in [-0.1, -0.05) is 36.4 Å². The molecule has 0 saturated heterocycles. The SMILES string of the molecule is Cc1ccc(C(=O)N[C@@H](C)c2ccccc2)cc1N(C)S(C)(=O)=O. The normalized spacial score (nSPS) is 12.5. The highest BCUT2D eigenvalue weighted by Crippen LogP contribution is 2.23. The number of carbonyl (C=O) groups excluding carboxylic acids is 1. The molecule has 5 nitrogen and oxygen atoms in total. The first-order chi connectivity index (χ1) is 11.2. The zero-order valence-electron chi connectivity index (χ0n) is 14.3. The first-order valence-electron chi connectivity index (χ1n) is 7.60. The van der Waals surface area contributed by atoms with E-state index in [-0.39, 0.29) is 11.9 Å². The number of hydrogen-bond donors (Lipinski definition) is 1. The summed E-state index contributed by atoms with van der Waals surface area (Å²) in [4.78, 5) is 12.5. The maximum Gasteiger partial charge on any atom is 0.251 e. The molecule has 2 rings (SSSR count). The highest BCUT2D eigenvalue weighted by Gasteiger charge is 2.17. The highest BCUT2D eigenvalue weighted by molar-refractivity contribution is 7.92. The molecule has 2 aromatic rings. The maximum atomic E-state index is 12.5. The lowest BCUT2D eigenvalue weighted by molar-refractivity contribution is 0.0940. The van der Waals surface area contributed by atoms with Crippen LogP contribution in [0.3, 0.4) is 0 Å². The van der Waals surface area contributed by atoms with Crippen LogP contribution in [0.25, 0.3) is 0 Å². The van der Waals surface area contributed by atoms with Crippen molar-refractivity contribution in [2.75, 3.05) is 17.6 Å². The van der Waals surface area contributed by atoms with E-state index in [1.54, 1.807) is 18.2 Å². The third kappa shape index (κ3) is 4.14. The van der Waals surface area contributed by atoms with Gasteiger partial charge in [-0.3, -0.25) is 9.10 Å². The number of benzene rings is 2. The topological polar surface area (TPSA) is 66.5 Å². The predicted molar refractivity (Wildman–Crippen MR) is 96.7 cm³/mol. The van der Waals surface area contributed by atoms with E-state index in [9.17, 15) is 13.2 Å². The molecule has 1 atom stereocenters. The minimum absolute atomic E-state index is 0.143. The van der Waals surface area contributed by atoms with Crippen molar-refractivity contribution in [3.05, 3.63) is 65.2 Å². The molecule has 0 aliphatic rings. The molecule has 0 aliphatic heterocycles. The number of nitrogens with zero attached hydrogens (tertiary/aromatic N) is 1. The summed E-state index contributed by atoms with van der Waals surface area (Å²) in [6, 6.07) is 14.6. The molecule has 0 bridgehead atoms. The van der Waals surface area contributed by atoms with Crippen LogP contribution in [0.1, 0.15) is 34.5 Å². The smallest absolute Gasteiger partial charge is 0.251 e. The molecule has 0 radical (unpaired) electrons. The van der Waals surface area contributed by atoms with Crippen LogP contribution >= 0.6 is 0 Å². The summed E-state index contributed by atoms with van der Waals surface area (Å²) in [5, 5.41) is 2.93. The number of aryl methyl sites for hydroxylation is 1. The molecule has 1 amide bonds. The molecule has 6 heteroatoms. The quantitative estimate of drug-likeness (QED) is 0.905. The van der Waals surface area contributed by atoms with Gasteiger partial charge in [0.2, 0.25) is 10.0 Å². The zero-order chi connectivity index (χ0) is 17.9. The van der Waals surface area contributed by atoms with Gasteiger partial charge in [0, 0.05) is 12.6 Å². The van der Waals surface area contributed by atoms with Crippen molar-refractivity contribution in [2.24, 2.45) is 0 Å². The lowest BCUT2D eigenvalue weighted by Crippen LogP contribution is -2.28. The lowest BCUT2D eigenvalue weighted by Gasteiger charge is -2.20. The van der Waals surface area contributed by atoms with Gasteiger partial charge < -0.3 is 5.32 Å². The molecule has 0 spiro atoms. The lowest BCUT2D eigenvalue weighted by atomic mass is 10.1. The average molecular weight is 346 g/mol. The molecule has 128 valence electrons. The van der Waals surface area contributed by atoms with Gasteiger partial charge in [-0.2, -0.15) is 0 Å². The first-order valence-corrected chi connectivity index (χ1v) is 9.45. The molecular weight excluding hydrogens is 324 g/mol. The maximum absolute atomic E-state index is 12.5. The average Bonchev–Trinajstić information content (AvgIpc) is 2.54. The van der Waals surface area contributed by atoms with Crippen LogP contribution in [0.5, 0.6) is 0 Å². The number of hydrogen-bond acceptors (Lipinski definition) is 3. The third-order valence-electron chi connectivity index (χ3n) is 3.96. The summed E-state index contributed by atoms with van der Waals surface area (Å²) in [5.74, 6) is -0.241. The minimum atomic E-state index is -3.39. The molecule has 2 aromatic carbocycles. The van der Waals surface area contributed by atoms with Gasteiger partial charge in [-0.05, 0) is 37.1 Å². The minimum Gasteiger partial charge on any atom is -0.346 e. The van der Waals surface area contributed by atoms with Gasteiger partial charge in [0.1, 0.15) is 0 Å². The molecule has 24 heavy (non-hydrogen) atoms. The van der Waals surface area contributed by atoms with E-state index >= 15 is 0 Å². The first kappa shape index (κ1) is 18.0. The van der Waals surface area contributed by atoms with Crippen LogP contribution in [-0.2, 0) is 10.0 Å². The number of nitrogens with one attached hydrogen (secondary N) is 1. The van der Waals surface area contributed by atoms with Crippen LogP contribution in [0.15, 0.2) is 48.5 Å². The fourth-order valence-corrected chi connectivity index (χ4v) is 2.93. The Bertz CT molecular complexity index is 833. The van der Waals surface area contributed by atoms with Crippen molar-refractivity contribution in [3.63, 3.8) is 0 Å². The van der Waals surface area contributed by atoms with Crippen molar-refractivity contribution in [1.29, 1.82) is 0 Å². The number of anilines is 1. The molecule has 0 aliphatic carbocycles. The number of carbonyl (C=O) groups is 1. The van der Waals surface area contributed by atoms with Crippen LogP contribution in [0.4, 0.5) is 5.69 Å². The van der Waals surface area contributed by atoms with Gasteiger partial charge in [0.15, 0.2) is 0 Å². The Balaban J connectivity index is 2.24. The van der Waals surface area contributed by atoms with Crippen molar-refractivity contribution in [2.45, 2.75) is 19.9 Å². The summed E-state index contributed by atoms with van der Waals surface area (Å²) in [5.41, 5.74) is 2.72. The molecule has 0 unspecified atom stereocenters. The highest BCUT2D eigenvalue weighted by atomic mass is 32.2. The van der Waals surface area contributed by atoms with Crippen LogP contribution < -0.4 is 9.62 Å². The van der Waals surface area contributed by atoms with E-state index in [1.807, 2.05) is 44.2 Å². The van der Waals surface area contributed by atoms with Gasteiger partial charge >= 0.3 is 0 Å². The van der Waals surface area contributed by atoms with Gasteiger partial charge in [0.05, 0.1) is 18.0 Å². The van der Waals surface area contributed by atoms with Crippen molar-refractivity contribution < 1.29 is 13.2 Å². The monoisotopic (exact) mass is 346 g/mol. The number of amides is 1. The Labute approximate surface area is 143 Å². The van der Waals surface area contributed by atoms with E-state index in [4.69, 9.17) is 0 Å². The molecule has 0 aromatic heterocycles. The van der Waals surface area contributed by atoms with Gasteiger partial charge in [-0.25, -0.2) is 8.42 Å². The molecule has 0 fully saturated rings. The third-order valence-corrected chi connectivity index (χ3v) is 5.15. The summed E-state index contributed by atoms with van der Waals surface area (Å²) in [6.07, 6.45) is 1.14. The van der Waals surface area contributed by atoms with Crippen molar-refractivity contribution in [1.82, 2.24) is 5.32 Å². The van der Waals surface area contributed by atoms with Crippen LogP contribution in [-0.4, -0.2) is 27.6 Å². The van der Waals surface area contributed by atoms with E-state index < -0.39 is 10.0 Å². The fourth-order valence-electron chi connectivity index (χ4n) is 2.37. The zero-order valence-corrected chi connectivity index (χ0v) is 15.1. The predicted octanol–water partition coefficient (Wildman–Crippen LogP) is 2.88. The molecular formula is C18H22N2O3S. The fraction of sp³-hybridized carbons (Fsp3) is 0.278. The Kier molecular flexibility index (Phi) is 5.29. The Morgan fingerprint density at radius 2 is 1.75 bits per heavy atom. The van der Waals surface area contributed by atoms with Crippen LogP contribution in [0, 0.1) is 6.92 Å². The summed E-state index contributed by atoms with van der Waals surface area (Å²) < 4.78 is 24.7. The molecule has 0 heterocycles. The van der Waals surface area contributed by atoms with Crippen LogP contribution in [0.2, 0.25) is 0 Å². The van der Waals surface area contributed by atoms with Crippen molar-refractivity contribution >= 4 is 21.6 Å². The van der Waals surface area contributed by atoms with Gasteiger partial charge in [-0.15, -0.1) is 0 Å². The number of rotatable bonds is 5. The second kappa shape index (κ2) is 7.05. The summed E-state index contributed by atoms with van der Waals surface area (Å²) in [6.45, 7) is 3.72. The van der Waals surface area contributed by atoms with E-state index in [2.05, 4.69) is 5.32 Å². The van der Waals surface area contributed by atoms with E-state index in [0.29, 0.717) is 11.3 Å². The standard InChI is InChI=1S/C18H22N2O3S/c1-13-10-11-16(12-17(13)20(3)24(4,22)23)18(21)19-14(2)15-8-6-5-7-9-15/h5-12,14H,1-4H3,(H,19,21)/t14-/m0/s1. The summed E-state index contributed by atoms with van der Waals surface area (Å²) in [7, 11) is -1.91. The second-order valence-corrected chi connectivity index (χ2v) is 7.85. The Hall–Kier alpha value is -2.34. The number of sulfonamides is 1. The van der Waals surface area contributed by atoms with Crippen molar-refractivity contribution in [3.8, 4) is 0 Å². The second-order valence-electron chi connectivity index (χ2n) is 5.84. The molecule has 1 N–H and O–H groups in total. The largest absolute Gasteiger partial charge is 0.346 e. The van der Waals surface area contributed by atoms with Gasteiger partial charge in [0.25, 0.3) is 5.91 Å².